The van der Waals surface area contributed by atoms with Gasteiger partial charge in [0.25, 0.3) is 6.36 Å². The molecule has 0 aromatic rings. The van der Waals surface area contributed by atoms with Crippen LogP contribution in [-0.4, -0.2) is 54.3 Å². The molecule has 0 spiro atoms. The quantitative estimate of drug-likeness (QED) is 0.268. The number of alkyl halides is 15. The summed E-state index contributed by atoms with van der Waals surface area (Å²) >= 11 is 0. The van der Waals surface area contributed by atoms with E-state index in [0.29, 0.717) is 6.92 Å². The summed E-state index contributed by atoms with van der Waals surface area (Å²) in [6, 6.07) is 0. The molecule has 0 fully saturated rings. The van der Waals surface area contributed by atoms with Crippen LogP contribution in [0, 0.1) is 0 Å². The molecular formula is C12H7F15O2. The van der Waals surface area contributed by atoms with E-state index in [0.717, 1.165) is 0 Å². The number of hydrogen-bond donors (Lipinski definition) is 0. The first-order chi connectivity index (χ1) is 12.4. The minimum absolute atomic E-state index is 0.670. The summed E-state index contributed by atoms with van der Waals surface area (Å²) in [6.07, 6.45) is -17.6. The molecule has 17 heteroatoms. The summed E-state index contributed by atoms with van der Waals surface area (Å²) in [6.45, 7) is 3.36. The van der Waals surface area contributed by atoms with Gasteiger partial charge in [0.15, 0.2) is 0 Å². The van der Waals surface area contributed by atoms with Gasteiger partial charge >= 0.3 is 41.8 Å². The number of halogens is 15. The van der Waals surface area contributed by atoms with E-state index in [1.807, 2.05) is 0 Å². The van der Waals surface area contributed by atoms with Crippen molar-refractivity contribution in [2.75, 3.05) is 0 Å². The van der Waals surface area contributed by atoms with Gasteiger partial charge in [0.1, 0.15) is 0 Å². The number of hydrogen-bond acceptors (Lipinski definition) is 2. The van der Waals surface area contributed by atoms with E-state index >= 15 is 0 Å². The molecule has 0 saturated carbocycles. The van der Waals surface area contributed by atoms with Crippen molar-refractivity contribution in [1.29, 1.82) is 0 Å². The normalized spacial score (nSPS) is 17.0. The van der Waals surface area contributed by atoms with Crippen molar-refractivity contribution < 1.29 is 75.4 Å². The summed E-state index contributed by atoms with van der Waals surface area (Å²) in [7, 11) is 0. The Morgan fingerprint density at radius 1 is 0.724 bits per heavy atom. The minimum Gasteiger partial charge on any atom is -0.424 e. The molecule has 0 aliphatic heterocycles. The summed E-state index contributed by atoms with van der Waals surface area (Å²) in [5.74, 6) is -42.1. The predicted molar refractivity (Wildman–Crippen MR) is 61.5 cm³/mol. The number of carbonyl (C=O) groups excluding carboxylic acids is 1. The molecule has 0 bridgehead atoms. The Balaban J connectivity index is 6.22. The lowest BCUT2D eigenvalue weighted by Gasteiger charge is -2.40. The smallest absolute Gasteiger partial charge is 0.424 e. The first-order valence-corrected chi connectivity index (χ1v) is 6.51. The molecule has 2 unspecified atom stereocenters. The Labute approximate surface area is 150 Å². The highest BCUT2D eigenvalue weighted by molar-refractivity contribution is 5.87. The van der Waals surface area contributed by atoms with E-state index in [1.165, 1.54) is 0 Å². The number of esters is 1. The average Bonchev–Trinajstić information content (AvgIpc) is 2.51. The predicted octanol–water partition coefficient (Wildman–Crippen LogP) is 5.48. The summed E-state index contributed by atoms with van der Waals surface area (Å²) in [4.78, 5) is 10.8. The molecule has 2 atom stereocenters. The first kappa shape index (κ1) is 27.2. The third-order valence-corrected chi connectivity index (χ3v) is 3.10. The molecule has 172 valence electrons. The Bertz CT molecular complexity index is 636. The van der Waals surface area contributed by atoms with Crippen LogP contribution in [-0.2, 0) is 9.53 Å². The Morgan fingerprint density at radius 3 is 1.38 bits per heavy atom. The molecule has 0 aromatic heterocycles. The van der Waals surface area contributed by atoms with Crippen LogP contribution < -0.4 is 0 Å². The minimum atomic E-state index is -8.29. The lowest BCUT2D eigenvalue weighted by molar-refractivity contribution is -0.444. The molecule has 0 rings (SSSR count). The fourth-order valence-electron chi connectivity index (χ4n) is 1.38. The van der Waals surface area contributed by atoms with E-state index in [2.05, 4.69) is 11.3 Å². The molecule has 0 aliphatic carbocycles. The van der Waals surface area contributed by atoms with Gasteiger partial charge in [0.05, 0.1) is 0 Å². The zero-order valence-electron chi connectivity index (χ0n) is 13.3. The van der Waals surface area contributed by atoms with Crippen molar-refractivity contribution in [2.45, 2.75) is 55.2 Å². The lowest BCUT2D eigenvalue weighted by atomic mass is 9.92. The molecule has 0 aliphatic rings. The second kappa shape index (κ2) is 7.45. The number of ether oxygens (including phenoxy) is 1. The molecule has 0 heterocycles. The van der Waals surface area contributed by atoms with Gasteiger partial charge in [-0.1, -0.05) is 6.58 Å². The van der Waals surface area contributed by atoms with Gasteiger partial charge in [-0.25, -0.2) is 9.18 Å². The van der Waals surface area contributed by atoms with Crippen LogP contribution in [0.25, 0.3) is 0 Å². The van der Waals surface area contributed by atoms with E-state index in [9.17, 15) is 70.7 Å². The van der Waals surface area contributed by atoms with Crippen LogP contribution in [0.4, 0.5) is 65.9 Å². The second-order valence-corrected chi connectivity index (χ2v) is 5.36. The summed E-state index contributed by atoms with van der Waals surface area (Å²) in [5, 5.41) is 0. The fourth-order valence-corrected chi connectivity index (χ4v) is 1.38. The monoisotopic (exact) mass is 468 g/mol. The SMILES string of the molecule is C=C(C)C(=O)OC(F)C(F)C(F)(F)C(F)(F)C(F)(F)C(F)(F)C(F)(F)C(F)(F)F. The summed E-state index contributed by atoms with van der Waals surface area (Å²) in [5.41, 5.74) is -0.878. The van der Waals surface area contributed by atoms with Gasteiger partial charge in [0, 0.05) is 5.57 Å². The second-order valence-electron chi connectivity index (χ2n) is 5.36. The maximum atomic E-state index is 13.3. The zero-order chi connectivity index (χ0) is 24.0. The number of carbonyl (C=O) groups is 1. The highest BCUT2D eigenvalue weighted by Crippen LogP contribution is 2.61. The van der Waals surface area contributed by atoms with E-state index in [4.69, 9.17) is 0 Å². The Morgan fingerprint density at radius 2 is 1.07 bits per heavy atom. The van der Waals surface area contributed by atoms with Crippen LogP contribution in [0.1, 0.15) is 6.92 Å². The molecule has 0 radical (unpaired) electrons. The highest BCUT2D eigenvalue weighted by atomic mass is 19.4. The largest absolute Gasteiger partial charge is 0.460 e. The fraction of sp³-hybridized carbons (Fsp3) is 0.750. The van der Waals surface area contributed by atoms with Crippen molar-refractivity contribution >= 4 is 5.97 Å². The van der Waals surface area contributed by atoms with Crippen molar-refractivity contribution in [3.05, 3.63) is 12.2 Å². The standard InChI is InChI=1S/C12H7F15O2/c1-3(2)6(28)29-5(14)4(13)7(15,16)8(17,18)9(19,20)10(21,22)11(23,24)12(25,26)27/h4-5H,1H2,2H3. The van der Waals surface area contributed by atoms with Crippen molar-refractivity contribution in [3.8, 4) is 0 Å². The zero-order valence-corrected chi connectivity index (χ0v) is 13.3. The highest BCUT2D eigenvalue weighted by Gasteiger charge is 2.91. The molecule has 2 nitrogen and oxygen atoms in total. The maximum absolute atomic E-state index is 13.3. The molecular weight excluding hydrogens is 461 g/mol. The number of rotatable bonds is 8. The van der Waals surface area contributed by atoms with E-state index in [-0.39, 0.29) is 0 Å². The molecule has 0 saturated heterocycles. The molecule has 0 amide bonds. The molecule has 29 heavy (non-hydrogen) atoms. The average molecular weight is 468 g/mol. The topological polar surface area (TPSA) is 26.3 Å². The van der Waals surface area contributed by atoms with Gasteiger partial charge in [0.2, 0.25) is 6.17 Å². The van der Waals surface area contributed by atoms with E-state index < -0.39 is 59.9 Å². The maximum Gasteiger partial charge on any atom is 0.460 e. The van der Waals surface area contributed by atoms with Crippen molar-refractivity contribution in [1.82, 2.24) is 0 Å². The van der Waals surface area contributed by atoms with Crippen LogP contribution in [0.15, 0.2) is 12.2 Å². The van der Waals surface area contributed by atoms with Gasteiger partial charge < -0.3 is 4.74 Å². The van der Waals surface area contributed by atoms with Crippen molar-refractivity contribution in [2.24, 2.45) is 0 Å². The Hall–Kier alpha value is -1.84. The van der Waals surface area contributed by atoms with Gasteiger partial charge in [-0.3, -0.25) is 0 Å². The molecule has 0 N–H and O–H groups in total. The Kier molecular flexibility index (Phi) is 6.97. The van der Waals surface area contributed by atoms with Gasteiger partial charge in [-0.2, -0.15) is 61.5 Å². The van der Waals surface area contributed by atoms with E-state index in [1.54, 1.807) is 0 Å². The van der Waals surface area contributed by atoms with Crippen LogP contribution in [0.3, 0.4) is 0 Å². The van der Waals surface area contributed by atoms with Crippen LogP contribution in [0.5, 0.6) is 0 Å². The lowest BCUT2D eigenvalue weighted by Crippen LogP contribution is -2.71. The first-order valence-electron chi connectivity index (χ1n) is 6.51. The van der Waals surface area contributed by atoms with Crippen LogP contribution >= 0.6 is 0 Å². The third-order valence-electron chi connectivity index (χ3n) is 3.10. The molecule has 0 aromatic carbocycles. The van der Waals surface area contributed by atoms with Gasteiger partial charge in [-0.05, 0) is 6.92 Å². The van der Waals surface area contributed by atoms with Crippen molar-refractivity contribution in [3.63, 3.8) is 0 Å². The van der Waals surface area contributed by atoms with Crippen LogP contribution in [0.2, 0.25) is 0 Å². The summed E-state index contributed by atoms with van der Waals surface area (Å²) < 4.78 is 195. The van der Waals surface area contributed by atoms with Gasteiger partial charge in [-0.15, -0.1) is 0 Å². The third kappa shape index (κ3) is 4.08.